The third kappa shape index (κ3) is 3.75. The quantitative estimate of drug-likeness (QED) is 0.451. The molecule has 1 aliphatic rings. The van der Waals surface area contributed by atoms with Crippen LogP contribution in [0.2, 0.25) is 5.02 Å². The zero-order chi connectivity index (χ0) is 21.4. The lowest BCUT2D eigenvalue weighted by molar-refractivity contribution is 0.0740. The number of piperazine rings is 1. The predicted octanol–water partition coefficient (Wildman–Crippen LogP) is 4.69. The van der Waals surface area contributed by atoms with E-state index in [9.17, 15) is 4.79 Å². The van der Waals surface area contributed by atoms with E-state index in [1.54, 1.807) is 7.11 Å². The third-order valence-electron chi connectivity index (χ3n) is 5.55. The van der Waals surface area contributed by atoms with E-state index in [0.717, 1.165) is 45.8 Å². The number of fused-ring (bicyclic) bond motifs is 1. The van der Waals surface area contributed by atoms with E-state index in [0.29, 0.717) is 18.8 Å². The number of hydrogen-bond donors (Lipinski definition) is 0. The van der Waals surface area contributed by atoms with E-state index in [4.69, 9.17) is 21.3 Å². The molecule has 1 amide bonds. The minimum Gasteiger partial charge on any atom is -0.497 e. The van der Waals surface area contributed by atoms with Crippen LogP contribution in [-0.4, -0.2) is 53.5 Å². The molecular formula is C23H21ClN4O2S. The second-order valence-corrected chi connectivity index (χ2v) is 8.61. The highest BCUT2D eigenvalue weighted by Crippen LogP contribution is 2.28. The van der Waals surface area contributed by atoms with Crippen LogP contribution in [0.4, 0.5) is 5.69 Å². The van der Waals surface area contributed by atoms with Gasteiger partial charge in [0.2, 0.25) is 0 Å². The molecule has 8 heteroatoms. The Morgan fingerprint density at radius 3 is 2.68 bits per heavy atom. The Labute approximate surface area is 189 Å². The molecule has 2 aromatic heterocycles. The van der Waals surface area contributed by atoms with Crippen LogP contribution in [0.5, 0.6) is 5.75 Å². The summed E-state index contributed by atoms with van der Waals surface area (Å²) in [5.41, 5.74) is 3.45. The van der Waals surface area contributed by atoms with Crippen LogP contribution in [0.15, 0.2) is 60.1 Å². The average Bonchev–Trinajstić information content (AvgIpc) is 3.40. The van der Waals surface area contributed by atoms with Gasteiger partial charge in [-0.1, -0.05) is 35.9 Å². The highest BCUT2D eigenvalue weighted by Gasteiger charge is 2.25. The van der Waals surface area contributed by atoms with E-state index < -0.39 is 0 Å². The van der Waals surface area contributed by atoms with Gasteiger partial charge in [-0.3, -0.25) is 9.20 Å². The van der Waals surface area contributed by atoms with Crippen molar-refractivity contribution in [2.45, 2.75) is 0 Å². The Bertz CT molecular complexity index is 1240. The number of halogens is 1. The molecular weight excluding hydrogens is 432 g/mol. The minimum atomic E-state index is 0.0275. The zero-order valence-corrected chi connectivity index (χ0v) is 18.6. The van der Waals surface area contributed by atoms with Crippen molar-refractivity contribution in [2.75, 3.05) is 38.2 Å². The fourth-order valence-corrected chi connectivity index (χ4v) is 4.98. The molecule has 0 unspecified atom stereocenters. The van der Waals surface area contributed by atoms with Gasteiger partial charge in [-0.25, -0.2) is 4.98 Å². The van der Waals surface area contributed by atoms with E-state index in [2.05, 4.69) is 4.90 Å². The van der Waals surface area contributed by atoms with Gasteiger partial charge in [0.1, 0.15) is 11.4 Å². The molecule has 0 radical (unpaired) electrons. The molecule has 0 N–H and O–H groups in total. The average molecular weight is 453 g/mol. The van der Waals surface area contributed by atoms with Crippen molar-refractivity contribution in [1.82, 2.24) is 14.3 Å². The maximum absolute atomic E-state index is 13.3. The SMILES string of the molecule is COc1cccc(-c2cn3c(C(=O)N4CCN(c5ccccc5Cl)CC4)csc3n2)c1. The monoisotopic (exact) mass is 452 g/mol. The molecule has 0 saturated carbocycles. The highest BCUT2D eigenvalue weighted by molar-refractivity contribution is 7.15. The molecule has 0 spiro atoms. The Morgan fingerprint density at radius 2 is 1.90 bits per heavy atom. The van der Waals surface area contributed by atoms with Gasteiger partial charge in [0.15, 0.2) is 4.96 Å². The number of hydrogen-bond acceptors (Lipinski definition) is 5. The highest BCUT2D eigenvalue weighted by atomic mass is 35.5. The summed E-state index contributed by atoms with van der Waals surface area (Å²) in [6.07, 6.45) is 1.92. The summed E-state index contributed by atoms with van der Waals surface area (Å²) in [5.74, 6) is 0.807. The molecule has 31 heavy (non-hydrogen) atoms. The van der Waals surface area contributed by atoms with Crippen LogP contribution in [-0.2, 0) is 0 Å². The number of imidazole rings is 1. The first kappa shape index (κ1) is 19.9. The molecule has 0 bridgehead atoms. The van der Waals surface area contributed by atoms with Crippen molar-refractivity contribution >= 4 is 39.5 Å². The van der Waals surface area contributed by atoms with E-state index in [1.165, 1.54) is 11.3 Å². The number of rotatable bonds is 4. The molecule has 3 heterocycles. The van der Waals surface area contributed by atoms with Crippen LogP contribution in [0.3, 0.4) is 0 Å². The number of benzene rings is 2. The van der Waals surface area contributed by atoms with Gasteiger partial charge in [-0.2, -0.15) is 0 Å². The molecule has 2 aromatic carbocycles. The number of thiazole rings is 1. The van der Waals surface area contributed by atoms with Crippen molar-refractivity contribution in [1.29, 1.82) is 0 Å². The fraction of sp³-hybridized carbons (Fsp3) is 0.217. The summed E-state index contributed by atoms with van der Waals surface area (Å²) in [7, 11) is 1.65. The first-order chi connectivity index (χ1) is 15.1. The molecule has 4 aromatic rings. The van der Waals surface area contributed by atoms with Crippen molar-refractivity contribution < 1.29 is 9.53 Å². The number of para-hydroxylation sites is 1. The normalized spacial score (nSPS) is 14.3. The first-order valence-corrected chi connectivity index (χ1v) is 11.3. The molecule has 6 nitrogen and oxygen atoms in total. The number of carbonyl (C=O) groups is 1. The second kappa shape index (κ2) is 8.24. The molecule has 5 rings (SSSR count). The maximum atomic E-state index is 13.3. The van der Waals surface area contributed by atoms with Gasteiger partial charge in [0.25, 0.3) is 5.91 Å². The van der Waals surface area contributed by atoms with Gasteiger partial charge in [-0.15, -0.1) is 11.3 Å². The minimum absolute atomic E-state index is 0.0275. The largest absolute Gasteiger partial charge is 0.497 e. The summed E-state index contributed by atoms with van der Waals surface area (Å²) in [6, 6.07) is 15.6. The number of nitrogens with zero attached hydrogens (tertiary/aromatic N) is 4. The standard InChI is InChI=1S/C23H21ClN4O2S/c1-30-17-6-4-5-16(13-17)19-14-28-21(15-31-23(28)25-19)22(29)27-11-9-26(10-12-27)20-8-3-2-7-18(20)24/h2-8,13-15H,9-12H2,1H3. The molecule has 1 aliphatic heterocycles. The number of ether oxygens (including phenoxy) is 1. The van der Waals surface area contributed by atoms with Crippen LogP contribution < -0.4 is 9.64 Å². The first-order valence-electron chi connectivity index (χ1n) is 10.0. The van der Waals surface area contributed by atoms with E-state index in [-0.39, 0.29) is 5.91 Å². The number of methoxy groups -OCH3 is 1. The Morgan fingerprint density at radius 1 is 1.10 bits per heavy atom. The molecule has 158 valence electrons. The van der Waals surface area contributed by atoms with E-state index in [1.807, 2.05) is 69.4 Å². The molecule has 1 saturated heterocycles. The van der Waals surface area contributed by atoms with Crippen LogP contribution in [0.1, 0.15) is 10.5 Å². The van der Waals surface area contributed by atoms with Gasteiger partial charge >= 0.3 is 0 Å². The Hall–Kier alpha value is -3.03. The maximum Gasteiger partial charge on any atom is 0.271 e. The predicted molar refractivity (Wildman–Crippen MR) is 125 cm³/mol. The van der Waals surface area contributed by atoms with Crippen molar-refractivity contribution in [2.24, 2.45) is 0 Å². The topological polar surface area (TPSA) is 50.1 Å². The summed E-state index contributed by atoms with van der Waals surface area (Å²) in [5, 5.41) is 2.63. The van der Waals surface area contributed by atoms with Crippen molar-refractivity contribution in [3.8, 4) is 17.0 Å². The molecule has 0 aliphatic carbocycles. The van der Waals surface area contributed by atoms with Crippen molar-refractivity contribution in [3.63, 3.8) is 0 Å². The van der Waals surface area contributed by atoms with Crippen LogP contribution >= 0.6 is 22.9 Å². The number of amides is 1. The van der Waals surface area contributed by atoms with Gasteiger partial charge in [-0.05, 0) is 24.3 Å². The second-order valence-electron chi connectivity index (χ2n) is 7.36. The summed E-state index contributed by atoms with van der Waals surface area (Å²) in [6.45, 7) is 2.81. The third-order valence-corrected chi connectivity index (χ3v) is 6.71. The zero-order valence-electron chi connectivity index (χ0n) is 17.0. The van der Waals surface area contributed by atoms with Gasteiger partial charge in [0, 0.05) is 43.3 Å². The summed E-state index contributed by atoms with van der Waals surface area (Å²) in [4.78, 5) is 22.9. The number of aromatic nitrogens is 2. The van der Waals surface area contributed by atoms with Gasteiger partial charge < -0.3 is 14.5 Å². The smallest absolute Gasteiger partial charge is 0.271 e. The Balaban J connectivity index is 1.35. The van der Waals surface area contributed by atoms with Crippen LogP contribution in [0.25, 0.3) is 16.2 Å². The lowest BCUT2D eigenvalue weighted by atomic mass is 10.1. The van der Waals surface area contributed by atoms with Gasteiger partial charge in [0.05, 0.1) is 23.5 Å². The lowest BCUT2D eigenvalue weighted by Crippen LogP contribution is -2.49. The summed E-state index contributed by atoms with van der Waals surface area (Å²) < 4.78 is 7.21. The number of carbonyl (C=O) groups excluding carboxylic acids is 1. The van der Waals surface area contributed by atoms with Crippen LogP contribution in [0, 0.1) is 0 Å². The lowest BCUT2D eigenvalue weighted by Gasteiger charge is -2.36. The number of anilines is 1. The van der Waals surface area contributed by atoms with E-state index >= 15 is 0 Å². The van der Waals surface area contributed by atoms with Crippen molar-refractivity contribution in [3.05, 3.63) is 70.8 Å². The summed E-state index contributed by atoms with van der Waals surface area (Å²) >= 11 is 7.81. The molecule has 0 atom stereocenters. The fourth-order valence-electron chi connectivity index (χ4n) is 3.88. The Kier molecular flexibility index (Phi) is 5.29. The molecule has 1 fully saturated rings.